The molecule has 126 valence electrons. The molecular formula is C21H22N4. The predicted molar refractivity (Wildman–Crippen MR) is 104 cm³/mol. The molecule has 2 aromatic heterocycles. The molecule has 0 bridgehead atoms. The molecule has 4 rings (SSSR count). The van der Waals surface area contributed by atoms with E-state index < -0.39 is 0 Å². The van der Waals surface area contributed by atoms with Gasteiger partial charge >= 0.3 is 0 Å². The van der Waals surface area contributed by atoms with E-state index in [4.69, 9.17) is 5.73 Å². The van der Waals surface area contributed by atoms with E-state index in [2.05, 4.69) is 65.7 Å². The first-order valence-corrected chi connectivity index (χ1v) is 8.84. The second-order valence-corrected chi connectivity index (χ2v) is 6.45. The van der Waals surface area contributed by atoms with Gasteiger partial charge < -0.3 is 5.73 Å². The average molecular weight is 330 g/mol. The smallest absolute Gasteiger partial charge is 0.152 e. The largest absolute Gasteiger partial charge is 0.382 e. The Morgan fingerprint density at radius 2 is 1.84 bits per heavy atom. The van der Waals surface area contributed by atoms with Gasteiger partial charge in [0.2, 0.25) is 0 Å². The maximum Gasteiger partial charge on any atom is 0.152 e. The van der Waals surface area contributed by atoms with Crippen molar-refractivity contribution in [2.45, 2.75) is 32.7 Å². The quantitative estimate of drug-likeness (QED) is 0.591. The predicted octanol–water partition coefficient (Wildman–Crippen LogP) is 4.36. The van der Waals surface area contributed by atoms with Crippen LogP contribution in [0.15, 0.2) is 54.7 Å². The van der Waals surface area contributed by atoms with Gasteiger partial charge in [-0.2, -0.15) is 5.10 Å². The zero-order valence-electron chi connectivity index (χ0n) is 14.4. The van der Waals surface area contributed by atoms with Crippen molar-refractivity contribution in [1.29, 1.82) is 0 Å². The summed E-state index contributed by atoms with van der Waals surface area (Å²) in [6.45, 7) is 3.04. The third kappa shape index (κ3) is 2.95. The van der Waals surface area contributed by atoms with Crippen LogP contribution in [0, 0.1) is 0 Å². The summed E-state index contributed by atoms with van der Waals surface area (Å²) in [5.74, 6) is 0.512. The lowest BCUT2D eigenvalue weighted by atomic mass is 9.98. The molecule has 2 heterocycles. The van der Waals surface area contributed by atoms with E-state index in [9.17, 15) is 0 Å². The molecule has 0 aliphatic carbocycles. The maximum absolute atomic E-state index is 6.16. The molecule has 0 unspecified atom stereocenters. The lowest BCUT2D eigenvalue weighted by Crippen LogP contribution is -1.98. The van der Waals surface area contributed by atoms with Gasteiger partial charge in [0.25, 0.3) is 0 Å². The molecule has 0 aliphatic rings. The summed E-state index contributed by atoms with van der Waals surface area (Å²) in [6, 6.07) is 16.9. The van der Waals surface area contributed by atoms with Crippen molar-refractivity contribution >= 4 is 27.6 Å². The van der Waals surface area contributed by atoms with Crippen molar-refractivity contribution in [2.75, 3.05) is 5.73 Å². The van der Waals surface area contributed by atoms with Crippen LogP contribution in [0.5, 0.6) is 0 Å². The van der Waals surface area contributed by atoms with Crippen LogP contribution >= 0.6 is 0 Å². The van der Waals surface area contributed by atoms with E-state index in [1.54, 1.807) is 0 Å². The Kier molecular flexibility index (Phi) is 4.10. The molecule has 2 aromatic carbocycles. The van der Waals surface area contributed by atoms with Gasteiger partial charge in [0, 0.05) is 23.5 Å². The summed E-state index contributed by atoms with van der Waals surface area (Å²) in [5, 5.41) is 6.94. The zero-order chi connectivity index (χ0) is 17.2. The molecule has 2 N–H and O–H groups in total. The normalized spacial score (nSPS) is 11.4. The number of anilines is 1. The number of rotatable bonds is 5. The average Bonchev–Trinajstić information content (AvgIpc) is 3.05. The summed E-state index contributed by atoms with van der Waals surface area (Å²) >= 11 is 0. The van der Waals surface area contributed by atoms with Crippen molar-refractivity contribution in [3.63, 3.8) is 0 Å². The highest BCUT2D eigenvalue weighted by molar-refractivity contribution is 6.09. The van der Waals surface area contributed by atoms with E-state index in [1.165, 1.54) is 16.5 Å². The summed E-state index contributed by atoms with van der Waals surface area (Å²) < 4.78 is 1.98. The van der Waals surface area contributed by atoms with E-state index in [0.29, 0.717) is 5.82 Å². The molecule has 0 atom stereocenters. The highest BCUT2D eigenvalue weighted by Crippen LogP contribution is 2.30. The number of hydrogen-bond acceptors (Lipinski definition) is 3. The number of aromatic nitrogens is 3. The number of benzene rings is 2. The minimum atomic E-state index is 0.512. The van der Waals surface area contributed by atoms with Crippen molar-refractivity contribution < 1.29 is 0 Å². The van der Waals surface area contributed by atoms with Gasteiger partial charge in [0.05, 0.1) is 5.52 Å². The second-order valence-electron chi connectivity index (χ2n) is 6.45. The van der Waals surface area contributed by atoms with Crippen molar-refractivity contribution in [3.05, 3.63) is 65.9 Å². The van der Waals surface area contributed by atoms with Gasteiger partial charge in [0.15, 0.2) is 5.82 Å². The first-order chi connectivity index (χ1) is 12.3. The number of nitrogen functional groups attached to an aromatic ring is 1. The Morgan fingerprint density at radius 1 is 1.00 bits per heavy atom. The van der Waals surface area contributed by atoms with Crippen LogP contribution in [0.2, 0.25) is 0 Å². The summed E-state index contributed by atoms with van der Waals surface area (Å²) in [7, 11) is 0. The van der Waals surface area contributed by atoms with Crippen LogP contribution in [0.25, 0.3) is 21.8 Å². The fraction of sp³-hybridized carbons (Fsp3) is 0.238. The first kappa shape index (κ1) is 15.6. The Labute approximate surface area is 147 Å². The second kappa shape index (κ2) is 6.55. The molecule has 4 aromatic rings. The molecular weight excluding hydrogens is 308 g/mol. The Bertz CT molecular complexity index is 1020. The summed E-state index contributed by atoms with van der Waals surface area (Å²) in [6.07, 6.45) is 5.14. The number of nitrogens with two attached hydrogens (primary N) is 1. The molecule has 4 nitrogen and oxygen atoms in total. The fourth-order valence-corrected chi connectivity index (χ4v) is 3.44. The molecule has 0 spiro atoms. The minimum absolute atomic E-state index is 0.512. The Morgan fingerprint density at radius 3 is 2.64 bits per heavy atom. The minimum Gasteiger partial charge on any atom is -0.382 e. The maximum atomic E-state index is 6.16. The van der Waals surface area contributed by atoms with Crippen LogP contribution in [-0.2, 0) is 19.4 Å². The monoisotopic (exact) mass is 330 g/mol. The van der Waals surface area contributed by atoms with Gasteiger partial charge in [-0.05, 0) is 36.5 Å². The zero-order valence-corrected chi connectivity index (χ0v) is 14.4. The molecule has 0 fully saturated rings. The van der Waals surface area contributed by atoms with Crippen molar-refractivity contribution in [1.82, 2.24) is 14.8 Å². The lowest BCUT2D eigenvalue weighted by Gasteiger charge is -2.08. The number of aryl methyl sites for hydroxylation is 3. The van der Waals surface area contributed by atoms with Crippen LogP contribution in [0.1, 0.15) is 24.5 Å². The van der Waals surface area contributed by atoms with E-state index in [1.807, 2.05) is 10.7 Å². The van der Waals surface area contributed by atoms with Gasteiger partial charge in [-0.1, -0.05) is 49.4 Å². The third-order valence-corrected chi connectivity index (χ3v) is 4.62. The number of pyridine rings is 1. The van der Waals surface area contributed by atoms with Crippen LogP contribution in [-0.4, -0.2) is 14.8 Å². The fourth-order valence-electron chi connectivity index (χ4n) is 3.44. The first-order valence-electron chi connectivity index (χ1n) is 8.84. The van der Waals surface area contributed by atoms with Gasteiger partial charge in [-0.15, -0.1) is 0 Å². The highest BCUT2D eigenvalue weighted by atomic mass is 15.3. The molecule has 4 heteroatoms. The SMILES string of the molecule is CCCn1cc2c(n1)c(N)nc1cccc(CCc3ccccc3)c12. The van der Waals surface area contributed by atoms with Gasteiger partial charge in [-0.25, -0.2) is 4.98 Å². The molecule has 0 radical (unpaired) electrons. The Hall–Kier alpha value is -2.88. The Balaban J connectivity index is 1.82. The standard InChI is InChI=1S/C21H22N4/c1-2-13-25-14-17-19-16(12-11-15-7-4-3-5-8-15)9-6-10-18(19)23-21(22)20(17)24-25/h3-10,14H,2,11-13H2,1H3,(H2,22,23). The molecule has 0 aliphatic heterocycles. The molecule has 0 amide bonds. The van der Waals surface area contributed by atoms with Crippen molar-refractivity contribution in [2.24, 2.45) is 0 Å². The number of hydrogen-bond donors (Lipinski definition) is 1. The van der Waals surface area contributed by atoms with Crippen molar-refractivity contribution in [3.8, 4) is 0 Å². The van der Waals surface area contributed by atoms with Crippen LogP contribution in [0.3, 0.4) is 0 Å². The molecule has 25 heavy (non-hydrogen) atoms. The number of fused-ring (bicyclic) bond motifs is 3. The summed E-state index contributed by atoms with van der Waals surface area (Å²) in [5.41, 5.74) is 10.6. The van der Waals surface area contributed by atoms with Gasteiger partial charge in [0.1, 0.15) is 5.52 Å². The number of nitrogens with zero attached hydrogens (tertiary/aromatic N) is 3. The molecule has 0 saturated heterocycles. The van der Waals surface area contributed by atoms with Gasteiger partial charge in [-0.3, -0.25) is 4.68 Å². The summed E-state index contributed by atoms with van der Waals surface area (Å²) in [4.78, 5) is 4.59. The van der Waals surface area contributed by atoms with E-state index >= 15 is 0 Å². The van der Waals surface area contributed by atoms with Crippen LogP contribution in [0.4, 0.5) is 5.82 Å². The van der Waals surface area contributed by atoms with Crippen LogP contribution < -0.4 is 5.73 Å². The van der Waals surface area contributed by atoms with E-state index in [-0.39, 0.29) is 0 Å². The topological polar surface area (TPSA) is 56.7 Å². The lowest BCUT2D eigenvalue weighted by molar-refractivity contribution is 0.609. The highest BCUT2D eigenvalue weighted by Gasteiger charge is 2.13. The van der Waals surface area contributed by atoms with E-state index in [0.717, 1.165) is 42.2 Å². The third-order valence-electron chi connectivity index (χ3n) is 4.62. The molecule has 0 saturated carbocycles.